The van der Waals surface area contributed by atoms with Crippen LogP contribution in [0.15, 0.2) is 48.5 Å². The van der Waals surface area contributed by atoms with Crippen molar-refractivity contribution in [2.24, 2.45) is 0 Å². The summed E-state index contributed by atoms with van der Waals surface area (Å²) in [6, 6.07) is 11.6. The number of aromatic amines is 1. The Morgan fingerprint density at radius 1 is 1.15 bits per heavy atom. The smallest absolute Gasteiger partial charge is 0.326 e. The average molecular weight is 360 g/mol. The Kier molecular flexibility index (Phi) is 4.75. The molecule has 0 saturated heterocycles. The highest BCUT2D eigenvalue weighted by molar-refractivity contribution is 5.92. The van der Waals surface area contributed by atoms with Crippen LogP contribution in [-0.2, 0) is 17.4 Å². The number of rotatable bonds is 4. The van der Waals surface area contributed by atoms with E-state index in [1.165, 1.54) is 12.1 Å². The molecule has 2 aromatic carbocycles. The minimum absolute atomic E-state index is 0.147. The van der Waals surface area contributed by atoms with Gasteiger partial charge in [-0.3, -0.25) is 9.89 Å². The number of halogens is 3. The first kappa shape index (κ1) is 17.7. The fraction of sp³-hybridized carbons (Fsp3) is 0.167. The van der Waals surface area contributed by atoms with E-state index in [1.54, 1.807) is 31.2 Å². The molecule has 1 amide bonds. The molecule has 0 radical (unpaired) electrons. The van der Waals surface area contributed by atoms with Crippen LogP contribution in [-0.4, -0.2) is 21.1 Å². The third-order valence-electron chi connectivity index (χ3n) is 3.64. The minimum Gasteiger partial charge on any atom is -0.326 e. The lowest BCUT2D eigenvalue weighted by atomic mass is 10.1. The lowest BCUT2D eigenvalue weighted by Gasteiger charge is -2.09. The Morgan fingerprint density at radius 2 is 1.88 bits per heavy atom. The summed E-state index contributed by atoms with van der Waals surface area (Å²) < 4.78 is 38.2. The fourth-order valence-corrected chi connectivity index (χ4v) is 2.42. The molecule has 0 bridgehead atoms. The molecule has 0 unspecified atom stereocenters. The number of hydrogen-bond donors (Lipinski definition) is 2. The van der Waals surface area contributed by atoms with E-state index in [4.69, 9.17) is 0 Å². The number of aromatic nitrogens is 3. The van der Waals surface area contributed by atoms with Gasteiger partial charge in [-0.1, -0.05) is 18.2 Å². The van der Waals surface area contributed by atoms with Crippen LogP contribution in [0.3, 0.4) is 0 Å². The highest BCUT2D eigenvalue weighted by Crippen LogP contribution is 2.29. The topological polar surface area (TPSA) is 70.7 Å². The summed E-state index contributed by atoms with van der Waals surface area (Å²) in [4.78, 5) is 16.3. The Labute approximate surface area is 147 Å². The van der Waals surface area contributed by atoms with E-state index < -0.39 is 17.6 Å². The molecule has 0 aliphatic carbocycles. The molecule has 0 aliphatic heterocycles. The third-order valence-corrected chi connectivity index (χ3v) is 3.64. The molecule has 26 heavy (non-hydrogen) atoms. The minimum atomic E-state index is -4.43. The summed E-state index contributed by atoms with van der Waals surface area (Å²) >= 11 is 0. The summed E-state index contributed by atoms with van der Waals surface area (Å²) in [6.45, 7) is 1.79. The number of aryl methyl sites for hydroxylation is 1. The summed E-state index contributed by atoms with van der Waals surface area (Å²) in [5.41, 5.74) is 0.849. The number of anilines is 1. The zero-order valence-corrected chi connectivity index (χ0v) is 13.8. The van der Waals surface area contributed by atoms with Gasteiger partial charge in [-0.25, -0.2) is 4.98 Å². The monoisotopic (exact) mass is 360 g/mol. The third kappa shape index (κ3) is 4.27. The molecule has 2 N–H and O–H groups in total. The summed E-state index contributed by atoms with van der Waals surface area (Å²) in [6.07, 6.45) is -4.58. The molecule has 0 spiro atoms. The van der Waals surface area contributed by atoms with Crippen molar-refractivity contribution in [1.29, 1.82) is 0 Å². The van der Waals surface area contributed by atoms with Gasteiger partial charge < -0.3 is 5.32 Å². The first-order valence-electron chi connectivity index (χ1n) is 7.77. The zero-order chi connectivity index (χ0) is 18.7. The van der Waals surface area contributed by atoms with E-state index in [1.807, 2.05) is 0 Å². The highest BCUT2D eigenvalue weighted by Gasteiger charge is 2.30. The normalized spacial score (nSPS) is 11.4. The Balaban J connectivity index is 1.65. The second-order valence-corrected chi connectivity index (χ2v) is 5.74. The van der Waals surface area contributed by atoms with Gasteiger partial charge in [-0.05, 0) is 42.8 Å². The fourth-order valence-electron chi connectivity index (χ4n) is 2.42. The maximum atomic E-state index is 12.7. The largest absolute Gasteiger partial charge is 0.416 e. The molecule has 1 aromatic heterocycles. The van der Waals surface area contributed by atoms with Crippen molar-refractivity contribution < 1.29 is 18.0 Å². The summed E-state index contributed by atoms with van der Waals surface area (Å²) in [5, 5.41) is 9.45. The SMILES string of the molecule is Cc1nc(-c2ccc(NC(=O)Cc3cccc(C(F)(F)F)c3)cc2)n[nH]1. The maximum Gasteiger partial charge on any atom is 0.416 e. The van der Waals surface area contributed by atoms with Gasteiger partial charge in [-0.15, -0.1) is 0 Å². The molecular formula is C18H15F3N4O. The van der Waals surface area contributed by atoms with Gasteiger partial charge in [-0.2, -0.15) is 18.3 Å². The van der Waals surface area contributed by atoms with E-state index in [2.05, 4.69) is 20.5 Å². The van der Waals surface area contributed by atoms with Crippen LogP contribution < -0.4 is 5.32 Å². The van der Waals surface area contributed by atoms with Crippen molar-refractivity contribution in [2.45, 2.75) is 19.5 Å². The van der Waals surface area contributed by atoms with Gasteiger partial charge in [0, 0.05) is 11.3 Å². The highest BCUT2D eigenvalue weighted by atomic mass is 19.4. The van der Waals surface area contributed by atoms with Crippen molar-refractivity contribution in [3.8, 4) is 11.4 Å². The van der Waals surface area contributed by atoms with Crippen LogP contribution >= 0.6 is 0 Å². The van der Waals surface area contributed by atoms with Gasteiger partial charge in [0.1, 0.15) is 5.82 Å². The van der Waals surface area contributed by atoms with E-state index in [-0.39, 0.29) is 6.42 Å². The van der Waals surface area contributed by atoms with Crippen LogP contribution in [0.25, 0.3) is 11.4 Å². The lowest BCUT2D eigenvalue weighted by Crippen LogP contribution is -2.15. The van der Waals surface area contributed by atoms with Gasteiger partial charge in [0.15, 0.2) is 5.82 Å². The predicted octanol–water partition coefficient (Wildman–Crippen LogP) is 3.98. The predicted molar refractivity (Wildman–Crippen MR) is 90.3 cm³/mol. The van der Waals surface area contributed by atoms with Crippen LogP contribution in [0.2, 0.25) is 0 Å². The van der Waals surface area contributed by atoms with Crippen molar-refractivity contribution in [3.05, 3.63) is 65.5 Å². The summed E-state index contributed by atoms with van der Waals surface area (Å²) in [7, 11) is 0. The number of H-pyrrole nitrogens is 1. The number of amides is 1. The molecule has 0 atom stereocenters. The molecule has 0 saturated carbocycles. The number of nitrogens with zero attached hydrogens (tertiary/aromatic N) is 2. The number of carbonyl (C=O) groups excluding carboxylic acids is 1. The first-order chi connectivity index (χ1) is 12.3. The second-order valence-electron chi connectivity index (χ2n) is 5.74. The molecule has 3 aromatic rings. The van der Waals surface area contributed by atoms with Gasteiger partial charge in [0.05, 0.1) is 12.0 Å². The Hall–Kier alpha value is -3.16. The average Bonchev–Trinajstić information content (AvgIpc) is 3.01. The van der Waals surface area contributed by atoms with Gasteiger partial charge >= 0.3 is 6.18 Å². The number of carbonyl (C=O) groups is 1. The van der Waals surface area contributed by atoms with Crippen molar-refractivity contribution in [3.63, 3.8) is 0 Å². The molecule has 0 aliphatic rings. The van der Waals surface area contributed by atoms with E-state index in [0.29, 0.717) is 22.9 Å². The molecule has 1 heterocycles. The number of hydrogen-bond acceptors (Lipinski definition) is 3. The van der Waals surface area contributed by atoms with Crippen molar-refractivity contribution in [2.75, 3.05) is 5.32 Å². The quantitative estimate of drug-likeness (QED) is 0.739. The van der Waals surface area contributed by atoms with Gasteiger partial charge in [0.25, 0.3) is 0 Å². The second kappa shape index (κ2) is 6.99. The Bertz CT molecular complexity index is 917. The molecule has 5 nitrogen and oxygen atoms in total. The zero-order valence-electron chi connectivity index (χ0n) is 13.8. The van der Waals surface area contributed by atoms with Crippen LogP contribution in [0, 0.1) is 6.92 Å². The Morgan fingerprint density at radius 3 is 2.50 bits per heavy atom. The van der Waals surface area contributed by atoms with E-state index >= 15 is 0 Å². The maximum absolute atomic E-state index is 12.7. The molecular weight excluding hydrogens is 345 g/mol. The number of nitrogens with one attached hydrogen (secondary N) is 2. The van der Waals surface area contributed by atoms with Crippen LogP contribution in [0.5, 0.6) is 0 Å². The molecule has 3 rings (SSSR count). The summed E-state index contributed by atoms with van der Waals surface area (Å²) in [5.74, 6) is 0.841. The van der Waals surface area contributed by atoms with Crippen molar-refractivity contribution >= 4 is 11.6 Å². The number of benzene rings is 2. The standard InChI is InChI=1S/C18H15F3N4O/c1-11-22-17(25-24-11)13-5-7-15(8-6-13)23-16(26)10-12-3-2-4-14(9-12)18(19,20)21/h2-9H,10H2,1H3,(H,23,26)(H,22,24,25). The first-order valence-corrected chi connectivity index (χ1v) is 7.77. The van der Waals surface area contributed by atoms with Crippen LogP contribution in [0.1, 0.15) is 17.0 Å². The van der Waals surface area contributed by atoms with E-state index in [0.717, 1.165) is 17.7 Å². The van der Waals surface area contributed by atoms with Gasteiger partial charge in [0.2, 0.25) is 5.91 Å². The molecule has 8 heteroatoms. The molecule has 134 valence electrons. The lowest BCUT2D eigenvalue weighted by molar-refractivity contribution is -0.137. The van der Waals surface area contributed by atoms with Crippen LogP contribution in [0.4, 0.5) is 18.9 Å². The molecule has 0 fully saturated rings. The van der Waals surface area contributed by atoms with E-state index in [9.17, 15) is 18.0 Å². The number of alkyl halides is 3. The van der Waals surface area contributed by atoms with Crippen molar-refractivity contribution in [1.82, 2.24) is 15.2 Å².